The number of rotatable bonds is 1. The highest BCUT2D eigenvalue weighted by Crippen LogP contribution is 2.21. The van der Waals surface area contributed by atoms with Gasteiger partial charge in [-0.25, -0.2) is 9.18 Å². The third kappa shape index (κ3) is 1.43. The van der Waals surface area contributed by atoms with Gasteiger partial charge in [0.15, 0.2) is 0 Å². The molecule has 1 heterocycles. The minimum Gasteiger partial charge on any atom is -0.478 e. The summed E-state index contributed by atoms with van der Waals surface area (Å²) in [6.45, 7) is -0.550. The van der Waals surface area contributed by atoms with Gasteiger partial charge in [0.2, 0.25) is 0 Å². The molecule has 60 valence electrons. The summed E-state index contributed by atoms with van der Waals surface area (Å²) in [4.78, 5) is 13.6. The molecule has 0 aromatic carbocycles. The minimum absolute atomic E-state index is 0.550. The van der Waals surface area contributed by atoms with E-state index in [2.05, 4.69) is 4.99 Å². The number of alkyl halides is 1. The van der Waals surface area contributed by atoms with E-state index in [0.29, 0.717) is 0 Å². The number of halogens is 1. The summed E-state index contributed by atoms with van der Waals surface area (Å²) in [5, 5.41) is 17.1. The summed E-state index contributed by atoms with van der Waals surface area (Å²) in [6.07, 6.45) is 2.09. The minimum atomic E-state index is -2.82. The first-order valence-electron chi connectivity index (χ1n) is 2.89. The molecule has 1 rings (SSSR count). The maximum Gasteiger partial charge on any atom is 0.337 e. The average molecular weight is 159 g/mol. The number of hydrogen-bond donors (Lipinski definition) is 2. The van der Waals surface area contributed by atoms with Crippen molar-refractivity contribution >= 4 is 12.2 Å². The van der Waals surface area contributed by atoms with E-state index < -0.39 is 23.9 Å². The number of aliphatic carboxylic acids is 1. The van der Waals surface area contributed by atoms with Gasteiger partial charge in [0.25, 0.3) is 5.85 Å². The van der Waals surface area contributed by atoms with Crippen LogP contribution in [0.3, 0.4) is 0 Å². The lowest BCUT2D eigenvalue weighted by atomic mass is 10.1. The highest BCUT2D eigenvalue weighted by molar-refractivity contribution is 5.94. The highest BCUT2D eigenvalue weighted by Gasteiger charge is 2.36. The van der Waals surface area contributed by atoms with Crippen LogP contribution in [0.25, 0.3) is 0 Å². The summed E-state index contributed by atoms with van der Waals surface area (Å²) in [5.74, 6) is -4.29. The number of nitrogens with zero attached hydrogens (tertiary/aromatic N) is 1. The second-order valence-corrected chi connectivity index (χ2v) is 2.13. The maximum atomic E-state index is 12.8. The van der Waals surface area contributed by atoms with Gasteiger partial charge < -0.3 is 10.2 Å². The Kier molecular flexibility index (Phi) is 1.74. The first-order valence-corrected chi connectivity index (χ1v) is 2.89. The topological polar surface area (TPSA) is 69.9 Å². The summed E-state index contributed by atoms with van der Waals surface area (Å²) < 4.78 is 12.8. The van der Waals surface area contributed by atoms with E-state index in [1.807, 2.05) is 0 Å². The van der Waals surface area contributed by atoms with E-state index in [1.165, 1.54) is 0 Å². The number of carbonyl (C=O) groups is 1. The largest absolute Gasteiger partial charge is 0.478 e. The van der Waals surface area contributed by atoms with Crippen molar-refractivity contribution in [3.8, 4) is 0 Å². The van der Waals surface area contributed by atoms with E-state index in [4.69, 9.17) is 10.2 Å². The quantitative estimate of drug-likeness (QED) is 0.553. The monoisotopic (exact) mass is 159 g/mol. The smallest absolute Gasteiger partial charge is 0.337 e. The Bertz CT molecular complexity index is 244. The lowest BCUT2D eigenvalue weighted by Gasteiger charge is -2.18. The molecule has 1 unspecified atom stereocenters. The van der Waals surface area contributed by atoms with E-state index >= 15 is 0 Å². The van der Waals surface area contributed by atoms with Crippen LogP contribution in [0.2, 0.25) is 0 Å². The molecular formula is C6H6FNO3. The zero-order valence-corrected chi connectivity index (χ0v) is 5.49. The van der Waals surface area contributed by atoms with Crippen molar-refractivity contribution in [3.63, 3.8) is 0 Å². The molecule has 0 saturated heterocycles. The van der Waals surface area contributed by atoms with E-state index in [0.717, 1.165) is 12.3 Å². The highest BCUT2D eigenvalue weighted by atomic mass is 19.2. The molecule has 1 aliphatic heterocycles. The standard InChI is InChI=1S/C6H6FNO3/c7-6(11)3-8-2-1-4(6)5(9)10/h1-2,11H,3H2,(H,9,10). The van der Waals surface area contributed by atoms with Gasteiger partial charge in [-0.1, -0.05) is 0 Å². The van der Waals surface area contributed by atoms with Crippen molar-refractivity contribution in [3.05, 3.63) is 11.6 Å². The number of hydrogen-bond acceptors (Lipinski definition) is 3. The predicted molar refractivity (Wildman–Crippen MR) is 35.1 cm³/mol. The zero-order chi connectivity index (χ0) is 8.48. The van der Waals surface area contributed by atoms with Gasteiger partial charge in [-0.2, -0.15) is 0 Å². The molecule has 0 aromatic rings. The van der Waals surface area contributed by atoms with Crippen LogP contribution in [0.4, 0.5) is 4.39 Å². The van der Waals surface area contributed by atoms with Crippen LogP contribution in [-0.2, 0) is 4.79 Å². The Morgan fingerprint density at radius 3 is 2.82 bits per heavy atom. The molecule has 1 aliphatic rings. The second-order valence-electron chi connectivity index (χ2n) is 2.13. The van der Waals surface area contributed by atoms with Gasteiger partial charge in [-0.15, -0.1) is 0 Å². The molecule has 0 fully saturated rings. The van der Waals surface area contributed by atoms with Crippen LogP contribution in [0.5, 0.6) is 0 Å². The number of aliphatic hydroxyl groups is 1. The third-order valence-electron chi connectivity index (χ3n) is 1.29. The van der Waals surface area contributed by atoms with Crippen molar-refractivity contribution in [2.24, 2.45) is 4.99 Å². The summed E-state index contributed by atoms with van der Waals surface area (Å²) in [6, 6.07) is 0. The fourth-order valence-corrected chi connectivity index (χ4v) is 0.749. The molecule has 0 amide bonds. The van der Waals surface area contributed by atoms with Crippen LogP contribution in [-0.4, -0.2) is 34.8 Å². The molecule has 1 atom stereocenters. The molecule has 5 heteroatoms. The van der Waals surface area contributed by atoms with Crippen molar-refractivity contribution in [1.82, 2.24) is 0 Å². The van der Waals surface area contributed by atoms with Crippen LogP contribution in [0, 0.1) is 0 Å². The Balaban J connectivity index is 2.97. The zero-order valence-electron chi connectivity index (χ0n) is 5.49. The normalized spacial score (nSPS) is 29.8. The molecule has 0 bridgehead atoms. The van der Waals surface area contributed by atoms with Crippen LogP contribution < -0.4 is 0 Å². The third-order valence-corrected chi connectivity index (χ3v) is 1.29. The number of carboxylic acids is 1. The number of carboxylic acid groups (broad SMARTS) is 1. The Morgan fingerprint density at radius 2 is 2.45 bits per heavy atom. The molecule has 0 radical (unpaired) electrons. The fourth-order valence-electron chi connectivity index (χ4n) is 0.749. The predicted octanol–water partition coefficient (Wildman–Crippen LogP) is -0.260. The van der Waals surface area contributed by atoms with Crippen molar-refractivity contribution < 1.29 is 19.4 Å². The van der Waals surface area contributed by atoms with Gasteiger partial charge in [-0.05, 0) is 6.08 Å². The van der Waals surface area contributed by atoms with Crippen molar-refractivity contribution in [2.45, 2.75) is 5.85 Å². The van der Waals surface area contributed by atoms with E-state index in [9.17, 15) is 9.18 Å². The second kappa shape index (κ2) is 2.43. The Morgan fingerprint density at radius 1 is 1.82 bits per heavy atom. The molecule has 4 nitrogen and oxygen atoms in total. The SMILES string of the molecule is O=C(O)C1=CC=NCC1(O)F. The number of allylic oxidation sites excluding steroid dienone is 1. The van der Waals surface area contributed by atoms with Gasteiger partial charge >= 0.3 is 5.97 Å². The van der Waals surface area contributed by atoms with Gasteiger partial charge in [0, 0.05) is 6.21 Å². The summed E-state index contributed by atoms with van der Waals surface area (Å²) in [7, 11) is 0. The number of aliphatic imine (C=N–C) groups is 1. The lowest BCUT2D eigenvalue weighted by Crippen LogP contribution is -2.35. The Labute approximate surface area is 61.7 Å². The maximum absolute atomic E-state index is 12.8. The van der Waals surface area contributed by atoms with Gasteiger partial charge in [0.1, 0.15) is 12.1 Å². The molecule has 0 aliphatic carbocycles. The van der Waals surface area contributed by atoms with Gasteiger partial charge in [0.05, 0.1) is 0 Å². The van der Waals surface area contributed by atoms with Crippen molar-refractivity contribution in [1.29, 1.82) is 0 Å². The number of dihydropyridines is 1. The van der Waals surface area contributed by atoms with Crippen LogP contribution in [0.15, 0.2) is 16.6 Å². The summed E-state index contributed by atoms with van der Waals surface area (Å²) >= 11 is 0. The fraction of sp³-hybridized carbons (Fsp3) is 0.333. The first-order chi connectivity index (χ1) is 5.04. The molecule has 0 aromatic heterocycles. The van der Waals surface area contributed by atoms with Crippen LogP contribution in [0.1, 0.15) is 0 Å². The van der Waals surface area contributed by atoms with E-state index in [1.54, 1.807) is 0 Å². The summed E-state index contributed by atoms with van der Waals surface area (Å²) in [5.41, 5.74) is -0.674. The first kappa shape index (κ1) is 7.87. The molecule has 2 N–H and O–H groups in total. The van der Waals surface area contributed by atoms with Gasteiger partial charge in [-0.3, -0.25) is 4.99 Å². The Hall–Kier alpha value is -1.23. The molecule has 0 spiro atoms. The molecular weight excluding hydrogens is 153 g/mol. The van der Waals surface area contributed by atoms with Crippen molar-refractivity contribution in [2.75, 3.05) is 6.54 Å². The lowest BCUT2D eigenvalue weighted by molar-refractivity contribution is -0.139. The average Bonchev–Trinajstić information content (AvgIpc) is 1.85. The van der Waals surface area contributed by atoms with Crippen LogP contribution >= 0.6 is 0 Å². The molecule has 0 saturated carbocycles. The van der Waals surface area contributed by atoms with E-state index in [-0.39, 0.29) is 0 Å². The molecule has 11 heavy (non-hydrogen) atoms.